The van der Waals surface area contributed by atoms with E-state index in [1.165, 1.54) is 0 Å². The van der Waals surface area contributed by atoms with Crippen molar-refractivity contribution in [2.45, 2.75) is 39.7 Å². The maximum atomic E-state index is 12.1. The van der Waals surface area contributed by atoms with Crippen molar-refractivity contribution in [2.24, 2.45) is 5.92 Å². The molecule has 0 saturated carbocycles. The van der Waals surface area contributed by atoms with Crippen molar-refractivity contribution in [3.8, 4) is 0 Å². The van der Waals surface area contributed by atoms with Gasteiger partial charge in [0.05, 0.1) is 5.92 Å². The van der Waals surface area contributed by atoms with Crippen LogP contribution in [0, 0.1) is 12.8 Å². The average molecular weight is 262 g/mol. The third kappa shape index (κ3) is 3.66. The zero-order chi connectivity index (χ0) is 14.0. The fraction of sp³-hybridized carbons (Fsp3) is 0.643. The lowest BCUT2D eigenvalue weighted by Gasteiger charge is -2.23. The molecule has 0 aromatic carbocycles. The molecule has 1 aromatic heterocycles. The standard InChI is InChI=1S/C14H22N4O/c1-10-5-7-15-13(16-10)18-8-6-11(9-18)12(19)17-14(2,3)4/h5,7,11H,6,8-9H2,1-4H3,(H,17,19). The molecule has 5 nitrogen and oxygen atoms in total. The normalized spacial score (nSPS) is 19.6. The predicted molar refractivity (Wildman–Crippen MR) is 75.0 cm³/mol. The number of carbonyl (C=O) groups excluding carboxylic acids is 1. The van der Waals surface area contributed by atoms with Crippen molar-refractivity contribution in [1.29, 1.82) is 0 Å². The number of nitrogens with one attached hydrogen (secondary N) is 1. The second-order valence-corrected chi connectivity index (χ2v) is 6.17. The number of hydrogen-bond acceptors (Lipinski definition) is 4. The first-order chi connectivity index (χ1) is 8.85. The number of rotatable bonds is 2. The lowest BCUT2D eigenvalue weighted by Crippen LogP contribution is -2.44. The molecule has 1 aromatic rings. The van der Waals surface area contributed by atoms with E-state index in [1.807, 2.05) is 33.8 Å². The van der Waals surface area contributed by atoms with Gasteiger partial charge in [-0.25, -0.2) is 9.97 Å². The van der Waals surface area contributed by atoms with Crippen LogP contribution in [0.4, 0.5) is 5.95 Å². The van der Waals surface area contributed by atoms with Gasteiger partial charge in [-0.05, 0) is 40.2 Å². The lowest BCUT2D eigenvalue weighted by molar-refractivity contribution is -0.125. The minimum atomic E-state index is -0.176. The average Bonchev–Trinajstić information content (AvgIpc) is 2.75. The van der Waals surface area contributed by atoms with Crippen LogP contribution >= 0.6 is 0 Å². The van der Waals surface area contributed by atoms with Crippen LogP contribution in [-0.2, 0) is 4.79 Å². The molecule has 1 N–H and O–H groups in total. The summed E-state index contributed by atoms with van der Waals surface area (Å²) in [5.41, 5.74) is 0.775. The lowest BCUT2D eigenvalue weighted by atomic mass is 10.0. The van der Waals surface area contributed by atoms with Crippen molar-refractivity contribution in [1.82, 2.24) is 15.3 Å². The van der Waals surface area contributed by atoms with Crippen LogP contribution in [0.3, 0.4) is 0 Å². The van der Waals surface area contributed by atoms with Crippen LogP contribution in [0.15, 0.2) is 12.3 Å². The van der Waals surface area contributed by atoms with Gasteiger partial charge < -0.3 is 10.2 Å². The number of nitrogens with zero attached hydrogens (tertiary/aromatic N) is 3. The Kier molecular flexibility index (Phi) is 3.73. The van der Waals surface area contributed by atoms with E-state index in [4.69, 9.17) is 0 Å². The van der Waals surface area contributed by atoms with E-state index >= 15 is 0 Å². The fourth-order valence-corrected chi connectivity index (χ4v) is 2.22. The van der Waals surface area contributed by atoms with Gasteiger partial charge in [0, 0.05) is 30.5 Å². The molecule has 0 aliphatic carbocycles. The molecular formula is C14H22N4O. The Balaban J connectivity index is 1.98. The summed E-state index contributed by atoms with van der Waals surface area (Å²) >= 11 is 0. The molecule has 19 heavy (non-hydrogen) atoms. The molecule has 1 atom stereocenters. The molecule has 0 radical (unpaired) electrons. The summed E-state index contributed by atoms with van der Waals surface area (Å²) in [5, 5.41) is 3.04. The van der Waals surface area contributed by atoms with Crippen molar-refractivity contribution in [2.75, 3.05) is 18.0 Å². The molecular weight excluding hydrogens is 240 g/mol. The largest absolute Gasteiger partial charge is 0.351 e. The first kappa shape index (κ1) is 13.8. The number of anilines is 1. The van der Waals surface area contributed by atoms with Crippen molar-refractivity contribution in [3.05, 3.63) is 18.0 Å². The maximum absolute atomic E-state index is 12.1. The van der Waals surface area contributed by atoms with Gasteiger partial charge in [0.25, 0.3) is 0 Å². The molecule has 2 heterocycles. The van der Waals surface area contributed by atoms with E-state index in [0.29, 0.717) is 6.54 Å². The third-order valence-corrected chi connectivity index (χ3v) is 3.12. The highest BCUT2D eigenvalue weighted by Crippen LogP contribution is 2.21. The van der Waals surface area contributed by atoms with Crippen LogP contribution in [0.25, 0.3) is 0 Å². The highest BCUT2D eigenvalue weighted by Gasteiger charge is 2.31. The first-order valence-electron chi connectivity index (χ1n) is 6.72. The van der Waals surface area contributed by atoms with Crippen molar-refractivity contribution < 1.29 is 4.79 Å². The van der Waals surface area contributed by atoms with E-state index in [2.05, 4.69) is 20.2 Å². The minimum Gasteiger partial charge on any atom is -0.351 e. The molecule has 1 fully saturated rings. The molecule has 0 bridgehead atoms. The second-order valence-electron chi connectivity index (χ2n) is 6.17. The van der Waals surface area contributed by atoms with Crippen LogP contribution in [0.2, 0.25) is 0 Å². The molecule has 104 valence electrons. The predicted octanol–water partition coefficient (Wildman–Crippen LogP) is 1.53. The quantitative estimate of drug-likeness (QED) is 0.878. The highest BCUT2D eigenvalue weighted by atomic mass is 16.2. The molecule has 2 rings (SSSR count). The molecule has 1 amide bonds. The monoisotopic (exact) mass is 262 g/mol. The SMILES string of the molecule is Cc1ccnc(N2CCC(C(=O)NC(C)(C)C)C2)n1. The number of aromatic nitrogens is 2. The summed E-state index contributed by atoms with van der Waals surface area (Å²) in [6.45, 7) is 9.49. The van der Waals surface area contributed by atoms with Gasteiger partial charge in [0.1, 0.15) is 0 Å². The molecule has 1 saturated heterocycles. The maximum Gasteiger partial charge on any atom is 0.225 e. The van der Waals surface area contributed by atoms with Crippen LogP contribution in [0.5, 0.6) is 0 Å². The van der Waals surface area contributed by atoms with E-state index in [9.17, 15) is 4.79 Å². The highest BCUT2D eigenvalue weighted by molar-refractivity contribution is 5.80. The number of carbonyl (C=O) groups is 1. The second kappa shape index (κ2) is 5.15. The number of hydrogen-bond donors (Lipinski definition) is 1. The van der Waals surface area contributed by atoms with Gasteiger partial charge in [-0.3, -0.25) is 4.79 Å². The smallest absolute Gasteiger partial charge is 0.225 e. The number of amides is 1. The van der Waals surface area contributed by atoms with E-state index < -0.39 is 0 Å². The molecule has 1 aliphatic heterocycles. The molecule has 1 aliphatic rings. The summed E-state index contributed by atoms with van der Waals surface area (Å²) in [7, 11) is 0. The molecule has 5 heteroatoms. The van der Waals surface area contributed by atoms with Crippen LogP contribution in [-0.4, -0.2) is 34.5 Å². The Labute approximate surface area is 114 Å². The zero-order valence-corrected chi connectivity index (χ0v) is 12.1. The van der Waals surface area contributed by atoms with Crippen LogP contribution < -0.4 is 10.2 Å². The fourth-order valence-electron chi connectivity index (χ4n) is 2.22. The molecule has 1 unspecified atom stereocenters. The summed E-state index contributed by atoms with van der Waals surface area (Å²) in [4.78, 5) is 22.9. The Hall–Kier alpha value is -1.65. The summed E-state index contributed by atoms with van der Waals surface area (Å²) in [5.74, 6) is 0.886. The van der Waals surface area contributed by atoms with Gasteiger partial charge >= 0.3 is 0 Å². The van der Waals surface area contributed by atoms with Gasteiger partial charge in [0.2, 0.25) is 11.9 Å². The minimum absolute atomic E-state index is 0.0309. The van der Waals surface area contributed by atoms with Crippen LogP contribution in [0.1, 0.15) is 32.9 Å². The van der Waals surface area contributed by atoms with E-state index in [0.717, 1.165) is 24.6 Å². The Morgan fingerprint density at radius 2 is 2.21 bits per heavy atom. The number of aryl methyl sites for hydroxylation is 1. The molecule has 0 spiro atoms. The van der Waals surface area contributed by atoms with Gasteiger partial charge in [0.15, 0.2) is 0 Å². The Morgan fingerprint density at radius 1 is 1.47 bits per heavy atom. The summed E-state index contributed by atoms with van der Waals surface area (Å²) in [6.07, 6.45) is 2.62. The first-order valence-corrected chi connectivity index (χ1v) is 6.72. The summed E-state index contributed by atoms with van der Waals surface area (Å²) in [6, 6.07) is 1.88. The van der Waals surface area contributed by atoms with Crippen molar-refractivity contribution >= 4 is 11.9 Å². The Morgan fingerprint density at radius 3 is 2.84 bits per heavy atom. The van der Waals surface area contributed by atoms with Gasteiger partial charge in [-0.1, -0.05) is 0 Å². The summed E-state index contributed by atoms with van der Waals surface area (Å²) < 4.78 is 0. The zero-order valence-electron chi connectivity index (χ0n) is 12.1. The van der Waals surface area contributed by atoms with Gasteiger partial charge in [-0.15, -0.1) is 0 Å². The van der Waals surface area contributed by atoms with Crippen molar-refractivity contribution in [3.63, 3.8) is 0 Å². The third-order valence-electron chi connectivity index (χ3n) is 3.12. The topological polar surface area (TPSA) is 58.1 Å². The Bertz CT molecular complexity index is 467. The van der Waals surface area contributed by atoms with Gasteiger partial charge in [-0.2, -0.15) is 0 Å². The van der Waals surface area contributed by atoms with E-state index in [1.54, 1.807) is 6.20 Å². The van der Waals surface area contributed by atoms with E-state index in [-0.39, 0.29) is 17.4 Å².